The summed E-state index contributed by atoms with van der Waals surface area (Å²) in [6, 6.07) is -2.65. The maximum Gasteiger partial charge on any atom is 0.243 e. The normalized spacial score (nSPS) is 14.0. The second-order valence-electron chi connectivity index (χ2n) is 9.03. The van der Waals surface area contributed by atoms with Crippen molar-refractivity contribution in [1.29, 1.82) is 0 Å². The predicted octanol–water partition coefficient (Wildman–Crippen LogP) is -1.92. The summed E-state index contributed by atoms with van der Waals surface area (Å²) in [4.78, 5) is 64.6. The van der Waals surface area contributed by atoms with Gasteiger partial charge in [-0.05, 0) is 31.1 Å². The van der Waals surface area contributed by atoms with Crippen LogP contribution in [0.25, 0.3) is 0 Å². The van der Waals surface area contributed by atoms with Crippen LogP contribution in [0.2, 0.25) is 0 Å². The maximum atomic E-state index is 12.9. The lowest BCUT2D eigenvalue weighted by atomic mass is 10.0. The number of hydrogen-bond acceptors (Lipinski definition) is 6. The zero-order valence-corrected chi connectivity index (χ0v) is 21.6. The molecule has 0 saturated heterocycles. The quantitative estimate of drug-likeness (QED) is 0.0772. The first-order valence-corrected chi connectivity index (χ1v) is 11.7. The molecule has 13 nitrogen and oxygen atoms in total. The van der Waals surface area contributed by atoms with E-state index in [9.17, 15) is 24.0 Å². The summed E-state index contributed by atoms with van der Waals surface area (Å²) in [5.41, 5.74) is 11.0. The summed E-state index contributed by atoms with van der Waals surface area (Å²) in [6.45, 7) is 8.65. The fourth-order valence-electron chi connectivity index (χ4n) is 3.14. The fourth-order valence-corrected chi connectivity index (χ4v) is 3.14. The van der Waals surface area contributed by atoms with Crippen molar-refractivity contribution < 1.29 is 24.0 Å². The number of nitrogens with two attached hydrogens (primary N) is 2. The number of aliphatic imine (C=N–C) groups is 1. The van der Waals surface area contributed by atoms with Crippen molar-refractivity contribution in [2.24, 2.45) is 28.3 Å². The number of amides is 5. The Kier molecular flexibility index (Phi) is 14.7. The zero-order valence-electron chi connectivity index (χ0n) is 21.6. The van der Waals surface area contributed by atoms with Crippen LogP contribution < -0.4 is 38.1 Å². The summed E-state index contributed by atoms with van der Waals surface area (Å²) in [7, 11) is 1.54. The molecule has 0 radical (unpaired) electrons. The van der Waals surface area contributed by atoms with Crippen LogP contribution in [0.3, 0.4) is 0 Å². The number of carbonyl (C=O) groups excluding carboxylic acids is 5. The molecule has 0 aromatic heterocycles. The van der Waals surface area contributed by atoms with Gasteiger partial charge in [0.2, 0.25) is 29.5 Å². The summed E-state index contributed by atoms with van der Waals surface area (Å²) in [5.74, 6) is -2.58. The highest BCUT2D eigenvalue weighted by molar-refractivity contribution is 5.93. The molecule has 3 atom stereocenters. The number of nitrogens with one attached hydrogen (secondary N) is 5. The average Bonchev–Trinajstić information content (AvgIpc) is 2.76. The molecule has 0 aliphatic carbocycles. The van der Waals surface area contributed by atoms with Gasteiger partial charge in [-0.2, -0.15) is 0 Å². The monoisotopic (exact) mass is 498 g/mol. The molecule has 13 heteroatoms. The molecule has 0 bridgehead atoms. The third-order valence-electron chi connectivity index (χ3n) is 4.97. The first kappa shape index (κ1) is 31.6. The van der Waals surface area contributed by atoms with Gasteiger partial charge in [0, 0.05) is 20.5 Å². The van der Waals surface area contributed by atoms with E-state index in [2.05, 4.69) is 31.6 Å². The SMILES string of the molecule is CN=C(N)NCCC[C@H](NC(=O)C(CC(C)C)NC(=O)CNC(=O)C(NC(C)=O)C(C)C)C(N)=O. The van der Waals surface area contributed by atoms with E-state index in [1.807, 2.05) is 13.8 Å². The van der Waals surface area contributed by atoms with E-state index in [1.165, 1.54) is 14.0 Å². The van der Waals surface area contributed by atoms with E-state index >= 15 is 0 Å². The second-order valence-corrected chi connectivity index (χ2v) is 9.03. The first-order valence-electron chi connectivity index (χ1n) is 11.7. The second kappa shape index (κ2) is 16.3. The van der Waals surface area contributed by atoms with Gasteiger partial charge in [0.1, 0.15) is 18.1 Å². The van der Waals surface area contributed by atoms with Gasteiger partial charge in [0.15, 0.2) is 5.96 Å². The van der Waals surface area contributed by atoms with Crippen molar-refractivity contribution in [3.63, 3.8) is 0 Å². The van der Waals surface area contributed by atoms with Gasteiger partial charge in [-0.1, -0.05) is 27.7 Å². The minimum atomic E-state index is -0.932. The standard InChI is InChI=1S/C22H42N8O5/c1-12(2)10-16(20(34)30-15(19(23)33)8-7-9-26-22(24)25-6)29-17(32)11-27-21(35)18(13(3)4)28-14(5)31/h12-13,15-16,18H,7-11H2,1-6H3,(H2,23,33)(H,27,35)(H,28,31)(H,29,32)(H,30,34)(H3,24,25,26)/t15-,16?,18?/m0/s1. The van der Waals surface area contributed by atoms with E-state index in [0.717, 1.165) is 0 Å². The minimum Gasteiger partial charge on any atom is -0.370 e. The highest BCUT2D eigenvalue weighted by atomic mass is 16.2. The molecule has 0 rings (SSSR count). The van der Waals surface area contributed by atoms with E-state index in [0.29, 0.717) is 19.4 Å². The van der Waals surface area contributed by atoms with Crippen LogP contribution in [0, 0.1) is 11.8 Å². The van der Waals surface area contributed by atoms with Crippen molar-refractivity contribution in [1.82, 2.24) is 26.6 Å². The van der Waals surface area contributed by atoms with Crippen LogP contribution in [-0.2, 0) is 24.0 Å². The van der Waals surface area contributed by atoms with Gasteiger partial charge < -0.3 is 38.1 Å². The van der Waals surface area contributed by atoms with Crippen LogP contribution in [0.4, 0.5) is 0 Å². The number of hydrogen-bond donors (Lipinski definition) is 7. The fraction of sp³-hybridized carbons (Fsp3) is 0.727. The predicted molar refractivity (Wildman–Crippen MR) is 133 cm³/mol. The van der Waals surface area contributed by atoms with Gasteiger partial charge in [-0.25, -0.2) is 0 Å². The lowest BCUT2D eigenvalue weighted by Gasteiger charge is -2.24. The van der Waals surface area contributed by atoms with Gasteiger partial charge in [0.25, 0.3) is 0 Å². The Morgan fingerprint density at radius 1 is 0.857 bits per heavy atom. The Bertz CT molecular complexity index is 769. The largest absolute Gasteiger partial charge is 0.370 e. The molecule has 200 valence electrons. The Balaban J connectivity index is 5.03. The number of nitrogens with zero attached hydrogens (tertiary/aromatic N) is 1. The number of rotatable bonds is 15. The molecular formula is C22H42N8O5. The van der Waals surface area contributed by atoms with Crippen molar-refractivity contribution in [2.45, 2.75) is 72.0 Å². The highest BCUT2D eigenvalue weighted by Gasteiger charge is 2.27. The molecule has 0 fully saturated rings. The molecular weight excluding hydrogens is 456 g/mol. The van der Waals surface area contributed by atoms with Crippen molar-refractivity contribution in [3.05, 3.63) is 0 Å². The lowest BCUT2D eigenvalue weighted by Crippen LogP contribution is -2.55. The number of primary amides is 1. The van der Waals surface area contributed by atoms with Gasteiger partial charge in [0.05, 0.1) is 6.54 Å². The Morgan fingerprint density at radius 3 is 1.97 bits per heavy atom. The number of carbonyl (C=O) groups is 5. The molecule has 0 aliphatic rings. The summed E-state index contributed by atoms with van der Waals surface area (Å²) in [6.07, 6.45) is 1.06. The van der Waals surface area contributed by atoms with Crippen LogP contribution in [0.15, 0.2) is 4.99 Å². The van der Waals surface area contributed by atoms with E-state index in [1.54, 1.807) is 13.8 Å². The Morgan fingerprint density at radius 2 is 1.49 bits per heavy atom. The van der Waals surface area contributed by atoms with Crippen LogP contribution in [0.1, 0.15) is 53.9 Å². The molecule has 0 spiro atoms. The third-order valence-corrected chi connectivity index (χ3v) is 4.97. The minimum absolute atomic E-state index is 0.0539. The van der Waals surface area contributed by atoms with Gasteiger partial charge >= 0.3 is 0 Å². The van der Waals surface area contributed by atoms with Crippen LogP contribution in [-0.4, -0.2) is 73.8 Å². The summed E-state index contributed by atoms with van der Waals surface area (Å²) in [5, 5.41) is 13.1. The molecule has 2 unspecified atom stereocenters. The van der Waals surface area contributed by atoms with Gasteiger partial charge in [-0.15, -0.1) is 0 Å². The van der Waals surface area contributed by atoms with Crippen LogP contribution >= 0.6 is 0 Å². The topological polar surface area (TPSA) is 210 Å². The average molecular weight is 499 g/mol. The van der Waals surface area contributed by atoms with E-state index in [4.69, 9.17) is 11.5 Å². The molecule has 0 saturated carbocycles. The first-order chi connectivity index (χ1) is 16.3. The molecule has 0 aliphatic heterocycles. The highest BCUT2D eigenvalue weighted by Crippen LogP contribution is 2.07. The molecule has 9 N–H and O–H groups in total. The van der Waals surface area contributed by atoms with Crippen LogP contribution in [0.5, 0.6) is 0 Å². The molecule has 0 aromatic carbocycles. The lowest BCUT2D eigenvalue weighted by molar-refractivity contribution is -0.133. The third kappa shape index (κ3) is 13.8. The number of guanidine groups is 1. The molecule has 0 heterocycles. The van der Waals surface area contributed by atoms with E-state index < -0.39 is 41.8 Å². The Hall–Kier alpha value is -3.38. The molecule has 35 heavy (non-hydrogen) atoms. The zero-order chi connectivity index (χ0) is 27.1. The van der Waals surface area contributed by atoms with Crippen molar-refractivity contribution in [2.75, 3.05) is 20.1 Å². The van der Waals surface area contributed by atoms with E-state index in [-0.39, 0.29) is 36.7 Å². The Labute approximate surface area is 207 Å². The van der Waals surface area contributed by atoms with Crippen molar-refractivity contribution in [3.8, 4) is 0 Å². The maximum absolute atomic E-state index is 12.9. The summed E-state index contributed by atoms with van der Waals surface area (Å²) >= 11 is 0. The smallest absolute Gasteiger partial charge is 0.243 e. The van der Waals surface area contributed by atoms with Crippen molar-refractivity contribution >= 4 is 35.5 Å². The summed E-state index contributed by atoms with van der Waals surface area (Å²) < 4.78 is 0. The van der Waals surface area contributed by atoms with Gasteiger partial charge in [-0.3, -0.25) is 29.0 Å². The molecule has 0 aromatic rings. The molecule has 5 amide bonds.